The number of aliphatic hydroxyl groups excluding tert-OH is 1. The number of carbonyl (C=O) groups excluding carboxylic acids is 1. The summed E-state index contributed by atoms with van der Waals surface area (Å²) in [6.07, 6.45) is 7.62. The molecular formula is C20H29NO2. The van der Waals surface area contributed by atoms with E-state index in [4.69, 9.17) is 0 Å². The summed E-state index contributed by atoms with van der Waals surface area (Å²) >= 11 is 0. The van der Waals surface area contributed by atoms with Gasteiger partial charge in [0, 0.05) is 12.6 Å². The van der Waals surface area contributed by atoms with Gasteiger partial charge in [-0.1, -0.05) is 50.1 Å². The quantitative estimate of drug-likeness (QED) is 0.926. The van der Waals surface area contributed by atoms with Crippen LogP contribution in [0.2, 0.25) is 0 Å². The topological polar surface area (TPSA) is 40.5 Å². The Morgan fingerprint density at radius 1 is 1.13 bits per heavy atom. The highest BCUT2D eigenvalue weighted by Gasteiger charge is 2.44. The third kappa shape index (κ3) is 3.77. The van der Waals surface area contributed by atoms with Crippen LogP contribution in [0, 0.1) is 5.41 Å². The number of rotatable bonds is 3. The van der Waals surface area contributed by atoms with Gasteiger partial charge < -0.3 is 10.0 Å². The van der Waals surface area contributed by atoms with Crippen molar-refractivity contribution in [3.05, 3.63) is 35.9 Å². The van der Waals surface area contributed by atoms with Gasteiger partial charge in [0.05, 0.1) is 11.5 Å². The number of carbonyl (C=O) groups is 1. The largest absolute Gasteiger partial charge is 0.393 e. The van der Waals surface area contributed by atoms with Crippen LogP contribution < -0.4 is 0 Å². The van der Waals surface area contributed by atoms with Gasteiger partial charge in [0.15, 0.2) is 0 Å². The Kier molecular flexibility index (Phi) is 5.05. The molecule has 0 bridgehead atoms. The van der Waals surface area contributed by atoms with E-state index in [9.17, 15) is 9.90 Å². The lowest BCUT2D eigenvalue weighted by Crippen LogP contribution is -2.41. The van der Waals surface area contributed by atoms with Crippen LogP contribution in [0.3, 0.4) is 0 Å². The van der Waals surface area contributed by atoms with Crippen LogP contribution in [-0.4, -0.2) is 34.6 Å². The van der Waals surface area contributed by atoms with E-state index in [2.05, 4.69) is 24.0 Å². The molecule has 3 unspecified atom stereocenters. The van der Waals surface area contributed by atoms with E-state index in [1.807, 2.05) is 18.2 Å². The molecule has 1 heterocycles. The first-order valence-corrected chi connectivity index (χ1v) is 9.11. The van der Waals surface area contributed by atoms with Crippen LogP contribution in [0.5, 0.6) is 0 Å². The average Bonchev–Trinajstić information content (AvgIpc) is 2.81. The number of aliphatic hydroxyl groups is 1. The lowest BCUT2D eigenvalue weighted by molar-refractivity contribution is -0.137. The second-order valence-corrected chi connectivity index (χ2v) is 7.64. The zero-order chi connectivity index (χ0) is 16.3. The molecule has 3 heteroatoms. The summed E-state index contributed by atoms with van der Waals surface area (Å²) < 4.78 is 0. The first kappa shape index (κ1) is 16.5. The van der Waals surface area contributed by atoms with Crippen LogP contribution in [-0.2, 0) is 11.2 Å². The number of nitrogens with zero attached hydrogens (tertiary/aromatic N) is 1. The molecule has 3 rings (SSSR count). The van der Waals surface area contributed by atoms with Crippen molar-refractivity contribution in [2.45, 2.75) is 70.4 Å². The molecular weight excluding hydrogens is 286 g/mol. The Balaban J connectivity index is 1.67. The van der Waals surface area contributed by atoms with Crippen molar-refractivity contribution in [3.8, 4) is 0 Å². The zero-order valence-electron chi connectivity index (χ0n) is 14.2. The maximum Gasteiger partial charge on any atom is 0.229 e. The molecule has 0 spiro atoms. The average molecular weight is 315 g/mol. The van der Waals surface area contributed by atoms with Gasteiger partial charge in [-0.3, -0.25) is 4.79 Å². The molecule has 0 radical (unpaired) electrons. The number of hydrogen-bond donors (Lipinski definition) is 1. The Labute approximate surface area is 139 Å². The third-order valence-corrected chi connectivity index (χ3v) is 5.72. The minimum atomic E-state index is -0.262. The zero-order valence-corrected chi connectivity index (χ0v) is 14.2. The standard InChI is InChI=1S/C20H29NO2/c1-20(15-16-7-3-2-4-8-16)13-14-21(19(20)23)17-9-5-6-10-18(22)12-11-17/h2-4,7-8,17-18,22H,5-6,9-15H2,1H3. The van der Waals surface area contributed by atoms with Crippen LogP contribution in [0.25, 0.3) is 0 Å². The van der Waals surface area contributed by atoms with Crippen LogP contribution in [0.1, 0.15) is 57.4 Å². The van der Waals surface area contributed by atoms with Crippen molar-refractivity contribution in [2.24, 2.45) is 5.41 Å². The first-order valence-electron chi connectivity index (χ1n) is 9.11. The molecule has 1 saturated heterocycles. The van der Waals surface area contributed by atoms with Gasteiger partial charge >= 0.3 is 0 Å². The molecule has 3 nitrogen and oxygen atoms in total. The Bertz CT molecular complexity index is 530. The fourth-order valence-electron chi connectivity index (χ4n) is 4.23. The Morgan fingerprint density at radius 2 is 1.87 bits per heavy atom. The second kappa shape index (κ2) is 7.04. The predicted molar refractivity (Wildman–Crippen MR) is 92.1 cm³/mol. The van der Waals surface area contributed by atoms with E-state index in [1.165, 1.54) is 5.56 Å². The van der Waals surface area contributed by atoms with E-state index in [0.29, 0.717) is 11.9 Å². The number of hydrogen-bond acceptors (Lipinski definition) is 2. The van der Waals surface area contributed by atoms with Crippen molar-refractivity contribution in [2.75, 3.05) is 6.54 Å². The van der Waals surface area contributed by atoms with Gasteiger partial charge in [-0.05, 0) is 44.1 Å². The highest BCUT2D eigenvalue weighted by Crippen LogP contribution is 2.38. The summed E-state index contributed by atoms with van der Waals surface area (Å²) in [7, 11) is 0. The van der Waals surface area contributed by atoms with Crippen molar-refractivity contribution < 1.29 is 9.90 Å². The SMILES string of the molecule is CC1(Cc2ccccc2)CCN(C2CCCCC(O)CC2)C1=O. The smallest absolute Gasteiger partial charge is 0.229 e. The lowest BCUT2D eigenvalue weighted by atomic mass is 9.82. The van der Waals surface area contributed by atoms with Crippen molar-refractivity contribution in [1.82, 2.24) is 4.90 Å². The molecule has 1 amide bonds. The van der Waals surface area contributed by atoms with Crippen molar-refractivity contribution in [1.29, 1.82) is 0 Å². The number of benzene rings is 1. The fourth-order valence-corrected chi connectivity index (χ4v) is 4.23. The molecule has 23 heavy (non-hydrogen) atoms. The van der Waals surface area contributed by atoms with Crippen LogP contribution >= 0.6 is 0 Å². The number of amides is 1. The summed E-state index contributed by atoms with van der Waals surface area (Å²) in [6, 6.07) is 10.7. The molecule has 0 aromatic heterocycles. The van der Waals surface area contributed by atoms with Gasteiger partial charge in [0.2, 0.25) is 5.91 Å². The number of likely N-dealkylation sites (tertiary alicyclic amines) is 1. The lowest BCUT2D eigenvalue weighted by Gasteiger charge is -2.32. The maximum absolute atomic E-state index is 13.1. The summed E-state index contributed by atoms with van der Waals surface area (Å²) in [5.74, 6) is 0.321. The fraction of sp³-hybridized carbons (Fsp3) is 0.650. The molecule has 3 atom stereocenters. The van der Waals surface area contributed by atoms with Crippen molar-refractivity contribution in [3.63, 3.8) is 0 Å². The van der Waals surface area contributed by atoms with Gasteiger partial charge in [0.25, 0.3) is 0 Å². The van der Waals surface area contributed by atoms with E-state index in [-0.39, 0.29) is 11.5 Å². The minimum Gasteiger partial charge on any atom is -0.393 e. The van der Waals surface area contributed by atoms with Gasteiger partial charge in [-0.25, -0.2) is 0 Å². The van der Waals surface area contributed by atoms with Crippen LogP contribution in [0.4, 0.5) is 0 Å². The molecule has 1 aromatic rings. The van der Waals surface area contributed by atoms with Gasteiger partial charge in [-0.15, -0.1) is 0 Å². The highest BCUT2D eigenvalue weighted by molar-refractivity contribution is 5.85. The normalized spacial score (nSPS) is 32.6. The summed E-state index contributed by atoms with van der Waals surface area (Å²) in [6.45, 7) is 3.00. The van der Waals surface area contributed by atoms with E-state index >= 15 is 0 Å². The summed E-state index contributed by atoms with van der Waals surface area (Å²) in [5, 5.41) is 9.93. The molecule has 1 aliphatic carbocycles. The van der Waals surface area contributed by atoms with E-state index in [0.717, 1.165) is 57.9 Å². The Morgan fingerprint density at radius 3 is 2.65 bits per heavy atom. The van der Waals surface area contributed by atoms with E-state index < -0.39 is 0 Å². The van der Waals surface area contributed by atoms with Gasteiger partial charge in [0.1, 0.15) is 0 Å². The third-order valence-electron chi connectivity index (χ3n) is 5.72. The second-order valence-electron chi connectivity index (χ2n) is 7.64. The molecule has 1 aliphatic heterocycles. The first-order chi connectivity index (χ1) is 11.1. The maximum atomic E-state index is 13.1. The van der Waals surface area contributed by atoms with Crippen LogP contribution in [0.15, 0.2) is 30.3 Å². The minimum absolute atomic E-state index is 0.175. The molecule has 2 aliphatic rings. The summed E-state index contributed by atoms with van der Waals surface area (Å²) in [4.78, 5) is 15.2. The van der Waals surface area contributed by atoms with Crippen molar-refractivity contribution >= 4 is 5.91 Å². The molecule has 1 N–H and O–H groups in total. The molecule has 1 aromatic carbocycles. The van der Waals surface area contributed by atoms with E-state index in [1.54, 1.807) is 0 Å². The highest BCUT2D eigenvalue weighted by atomic mass is 16.3. The monoisotopic (exact) mass is 315 g/mol. The van der Waals surface area contributed by atoms with Gasteiger partial charge in [-0.2, -0.15) is 0 Å². The molecule has 126 valence electrons. The predicted octanol–water partition coefficient (Wildman–Crippen LogP) is 3.55. The molecule has 2 fully saturated rings. The summed E-state index contributed by atoms with van der Waals surface area (Å²) in [5.41, 5.74) is 0.987. The molecule has 1 saturated carbocycles. The Hall–Kier alpha value is -1.35.